The van der Waals surface area contributed by atoms with E-state index in [9.17, 15) is 9.59 Å². The topological polar surface area (TPSA) is 58.6 Å². The van der Waals surface area contributed by atoms with Crippen LogP contribution in [-0.2, 0) is 9.59 Å². The molecule has 2 rings (SSSR count). The number of aryl methyl sites for hydroxylation is 2. The van der Waals surface area contributed by atoms with Crippen molar-refractivity contribution in [3.05, 3.63) is 28.8 Å². The van der Waals surface area contributed by atoms with Crippen molar-refractivity contribution in [2.24, 2.45) is 0 Å². The van der Waals surface area contributed by atoms with Gasteiger partial charge in [-0.3, -0.25) is 9.59 Å². The van der Waals surface area contributed by atoms with Gasteiger partial charge in [0, 0.05) is 31.4 Å². The Labute approximate surface area is 154 Å². The number of piperidine rings is 1. The lowest BCUT2D eigenvalue weighted by Crippen LogP contribution is -2.47. The van der Waals surface area contributed by atoms with Crippen molar-refractivity contribution in [3.63, 3.8) is 0 Å². The van der Waals surface area contributed by atoms with Gasteiger partial charge in [0.1, 0.15) is 5.75 Å². The van der Waals surface area contributed by atoms with Crippen molar-refractivity contribution in [3.8, 4) is 5.75 Å². The van der Waals surface area contributed by atoms with Gasteiger partial charge in [-0.15, -0.1) is 11.6 Å². The second-order valence-electron chi connectivity index (χ2n) is 6.60. The summed E-state index contributed by atoms with van der Waals surface area (Å²) < 4.78 is 5.75. The molecule has 1 aliphatic heterocycles. The molecule has 1 aromatic rings. The van der Waals surface area contributed by atoms with Crippen LogP contribution in [0.2, 0.25) is 0 Å². The number of carbonyl (C=O) groups is 2. The minimum Gasteiger partial charge on any atom is -0.483 e. The van der Waals surface area contributed by atoms with Crippen LogP contribution >= 0.6 is 11.6 Å². The van der Waals surface area contributed by atoms with Crippen LogP contribution in [0.3, 0.4) is 0 Å². The molecule has 0 saturated carbocycles. The van der Waals surface area contributed by atoms with E-state index in [0.29, 0.717) is 25.4 Å². The average Bonchev–Trinajstić information content (AvgIpc) is 2.59. The molecule has 0 spiro atoms. The van der Waals surface area contributed by atoms with Gasteiger partial charge < -0.3 is 15.0 Å². The van der Waals surface area contributed by atoms with Crippen molar-refractivity contribution in [1.82, 2.24) is 10.2 Å². The smallest absolute Gasteiger partial charge is 0.258 e. The molecule has 1 aromatic carbocycles. The highest BCUT2D eigenvalue weighted by atomic mass is 35.5. The van der Waals surface area contributed by atoms with Gasteiger partial charge in [-0.2, -0.15) is 0 Å². The third-order valence-corrected chi connectivity index (χ3v) is 4.93. The van der Waals surface area contributed by atoms with Crippen molar-refractivity contribution < 1.29 is 14.3 Å². The summed E-state index contributed by atoms with van der Waals surface area (Å²) in [5, 5.41) is 3.01. The monoisotopic (exact) mass is 366 g/mol. The van der Waals surface area contributed by atoms with E-state index in [4.69, 9.17) is 16.3 Å². The van der Waals surface area contributed by atoms with E-state index in [0.717, 1.165) is 35.3 Å². The zero-order valence-electron chi connectivity index (χ0n) is 15.2. The highest BCUT2D eigenvalue weighted by molar-refractivity contribution is 6.18. The van der Waals surface area contributed by atoms with Crippen LogP contribution in [0.4, 0.5) is 0 Å². The van der Waals surface area contributed by atoms with Gasteiger partial charge >= 0.3 is 0 Å². The van der Waals surface area contributed by atoms with Crippen LogP contribution in [0, 0.1) is 20.8 Å². The van der Waals surface area contributed by atoms with E-state index in [-0.39, 0.29) is 24.5 Å². The Balaban J connectivity index is 1.79. The molecule has 1 N–H and O–H groups in total. The van der Waals surface area contributed by atoms with E-state index in [2.05, 4.69) is 11.4 Å². The zero-order chi connectivity index (χ0) is 18.4. The first kappa shape index (κ1) is 19.6. The van der Waals surface area contributed by atoms with E-state index in [1.54, 1.807) is 0 Å². The fourth-order valence-corrected chi connectivity index (χ4v) is 3.23. The van der Waals surface area contributed by atoms with Crippen molar-refractivity contribution >= 4 is 23.4 Å². The lowest BCUT2D eigenvalue weighted by Gasteiger charge is -2.32. The molecule has 2 amide bonds. The number of carbonyl (C=O) groups excluding carboxylic acids is 2. The minimum atomic E-state index is -0.120. The summed E-state index contributed by atoms with van der Waals surface area (Å²) in [5.41, 5.74) is 3.25. The maximum Gasteiger partial charge on any atom is 0.258 e. The summed E-state index contributed by atoms with van der Waals surface area (Å²) in [7, 11) is 0. The lowest BCUT2D eigenvalue weighted by atomic mass is 10.0. The van der Waals surface area contributed by atoms with Crippen LogP contribution in [0.1, 0.15) is 36.0 Å². The van der Waals surface area contributed by atoms with Crippen molar-refractivity contribution in [1.29, 1.82) is 0 Å². The summed E-state index contributed by atoms with van der Waals surface area (Å²) in [6.07, 6.45) is 1.91. The van der Waals surface area contributed by atoms with Crippen LogP contribution in [0.25, 0.3) is 0 Å². The molecule has 138 valence electrons. The fourth-order valence-electron chi connectivity index (χ4n) is 3.07. The van der Waals surface area contributed by atoms with E-state index in [1.807, 2.05) is 31.7 Å². The highest BCUT2D eigenvalue weighted by Gasteiger charge is 2.23. The predicted molar refractivity (Wildman–Crippen MR) is 99.2 cm³/mol. The van der Waals surface area contributed by atoms with Gasteiger partial charge in [0.2, 0.25) is 5.91 Å². The molecule has 6 heteroatoms. The summed E-state index contributed by atoms with van der Waals surface area (Å²) in [6.45, 7) is 7.35. The van der Waals surface area contributed by atoms with Crippen LogP contribution in [0.5, 0.6) is 5.75 Å². The molecule has 1 heterocycles. The molecule has 0 aromatic heterocycles. The number of ether oxygens (including phenoxy) is 1. The third kappa shape index (κ3) is 5.36. The largest absolute Gasteiger partial charge is 0.483 e. The van der Waals surface area contributed by atoms with E-state index >= 15 is 0 Å². The Kier molecular flexibility index (Phi) is 7.12. The zero-order valence-corrected chi connectivity index (χ0v) is 16.0. The van der Waals surface area contributed by atoms with Gasteiger partial charge in [-0.25, -0.2) is 0 Å². The second kappa shape index (κ2) is 9.09. The average molecular weight is 367 g/mol. The molecule has 0 bridgehead atoms. The SMILES string of the molecule is Cc1ccc(C)c(OCC(=O)NC2CCN(C(=O)CCCl)CC2)c1C. The summed E-state index contributed by atoms with van der Waals surface area (Å²) in [5.74, 6) is 1.11. The minimum absolute atomic E-state index is 0.0104. The maximum atomic E-state index is 12.2. The van der Waals surface area contributed by atoms with Gasteiger partial charge in [0.05, 0.1) is 0 Å². The Hall–Kier alpha value is -1.75. The third-order valence-electron chi connectivity index (χ3n) is 4.74. The highest BCUT2D eigenvalue weighted by Crippen LogP contribution is 2.25. The standard InChI is InChI=1S/C19H27ClN2O3/c1-13-4-5-14(2)19(15(13)3)25-12-17(23)21-16-7-10-22(11-8-16)18(24)6-9-20/h4-5,16H,6-12H2,1-3H3,(H,21,23). The number of hydrogen-bond acceptors (Lipinski definition) is 3. The number of halogens is 1. The Morgan fingerprint density at radius 3 is 2.48 bits per heavy atom. The number of nitrogens with zero attached hydrogens (tertiary/aromatic N) is 1. The van der Waals surface area contributed by atoms with Crippen molar-refractivity contribution in [2.75, 3.05) is 25.6 Å². The first-order chi connectivity index (χ1) is 11.9. The lowest BCUT2D eigenvalue weighted by molar-refractivity contribution is -0.132. The quantitative estimate of drug-likeness (QED) is 0.787. The van der Waals surface area contributed by atoms with Gasteiger partial charge in [-0.05, 0) is 50.3 Å². The van der Waals surface area contributed by atoms with Gasteiger partial charge in [0.25, 0.3) is 5.91 Å². The van der Waals surface area contributed by atoms with E-state index < -0.39 is 0 Å². The molecule has 5 nitrogen and oxygen atoms in total. The number of hydrogen-bond donors (Lipinski definition) is 1. The Morgan fingerprint density at radius 2 is 1.84 bits per heavy atom. The first-order valence-corrected chi connectivity index (χ1v) is 9.28. The maximum absolute atomic E-state index is 12.2. The molecule has 0 radical (unpaired) electrons. The first-order valence-electron chi connectivity index (χ1n) is 8.75. The van der Waals surface area contributed by atoms with Crippen LogP contribution in [-0.4, -0.2) is 48.3 Å². The Bertz CT molecular complexity index is 625. The molecule has 1 aliphatic rings. The summed E-state index contributed by atoms with van der Waals surface area (Å²) >= 11 is 5.61. The number of nitrogens with one attached hydrogen (secondary N) is 1. The summed E-state index contributed by atoms with van der Waals surface area (Å²) in [6, 6.07) is 4.15. The number of alkyl halides is 1. The number of likely N-dealkylation sites (tertiary alicyclic amines) is 1. The van der Waals surface area contributed by atoms with Gasteiger partial charge in [-0.1, -0.05) is 12.1 Å². The molecule has 0 atom stereocenters. The molecule has 1 saturated heterocycles. The molecule has 1 fully saturated rings. The molecule has 0 unspecified atom stereocenters. The normalized spacial score (nSPS) is 15.1. The van der Waals surface area contributed by atoms with Crippen molar-refractivity contribution in [2.45, 2.75) is 46.1 Å². The number of rotatable bonds is 6. The predicted octanol–water partition coefficient (Wildman–Crippen LogP) is 2.73. The van der Waals surface area contributed by atoms with E-state index in [1.165, 1.54) is 0 Å². The number of benzene rings is 1. The second-order valence-corrected chi connectivity index (χ2v) is 6.98. The van der Waals surface area contributed by atoms with Gasteiger partial charge in [0.15, 0.2) is 6.61 Å². The van der Waals surface area contributed by atoms with Crippen LogP contribution in [0.15, 0.2) is 12.1 Å². The fraction of sp³-hybridized carbons (Fsp3) is 0.579. The molecular formula is C19H27ClN2O3. The Morgan fingerprint density at radius 1 is 1.20 bits per heavy atom. The molecular weight excluding hydrogens is 340 g/mol. The van der Waals surface area contributed by atoms with Crippen LogP contribution < -0.4 is 10.1 Å². The molecule has 0 aliphatic carbocycles. The molecule has 25 heavy (non-hydrogen) atoms. The summed E-state index contributed by atoms with van der Waals surface area (Å²) in [4.78, 5) is 25.8. The number of amides is 2.